The van der Waals surface area contributed by atoms with Crippen molar-refractivity contribution in [2.75, 3.05) is 12.8 Å². The lowest BCUT2D eigenvalue weighted by Crippen LogP contribution is -2.23. The number of amides is 1. The normalized spacial score (nSPS) is 9.95. The van der Waals surface area contributed by atoms with E-state index < -0.39 is 0 Å². The third-order valence-electron chi connectivity index (χ3n) is 2.48. The number of rotatable bonds is 4. The molecule has 0 radical (unpaired) electrons. The van der Waals surface area contributed by atoms with Crippen LogP contribution in [0.25, 0.3) is 0 Å². The van der Waals surface area contributed by atoms with Crippen molar-refractivity contribution in [2.45, 2.75) is 6.54 Å². The smallest absolute Gasteiger partial charge is 0.270 e. The molecule has 0 atom stereocenters. The minimum absolute atomic E-state index is 0.254. The fraction of sp³-hybridized carbons (Fsp3) is 0.154. The molecule has 98 valence electrons. The number of carbonyl (C=O) groups excluding carboxylic acids is 1. The molecule has 2 heterocycles. The van der Waals surface area contributed by atoms with Gasteiger partial charge in [0.2, 0.25) is 5.88 Å². The largest absolute Gasteiger partial charge is 0.481 e. The number of nitrogen functional groups attached to an aromatic ring is 1. The van der Waals surface area contributed by atoms with Crippen molar-refractivity contribution in [1.29, 1.82) is 0 Å². The monoisotopic (exact) mass is 258 g/mol. The Hall–Kier alpha value is -2.63. The zero-order chi connectivity index (χ0) is 13.7. The highest BCUT2D eigenvalue weighted by Crippen LogP contribution is 2.08. The summed E-state index contributed by atoms with van der Waals surface area (Å²) < 4.78 is 5.01. The first-order valence-electron chi connectivity index (χ1n) is 5.67. The lowest BCUT2D eigenvalue weighted by atomic mass is 10.2. The fourth-order valence-electron chi connectivity index (χ4n) is 1.48. The van der Waals surface area contributed by atoms with Crippen LogP contribution in [0.2, 0.25) is 0 Å². The van der Waals surface area contributed by atoms with Crippen LogP contribution in [0.1, 0.15) is 16.1 Å². The van der Waals surface area contributed by atoms with Crippen LogP contribution in [0.3, 0.4) is 0 Å². The van der Waals surface area contributed by atoms with Gasteiger partial charge in [0.25, 0.3) is 5.91 Å². The zero-order valence-electron chi connectivity index (χ0n) is 10.5. The number of carbonyl (C=O) groups is 1. The van der Waals surface area contributed by atoms with E-state index in [2.05, 4.69) is 15.3 Å². The summed E-state index contributed by atoms with van der Waals surface area (Å²) in [4.78, 5) is 19.8. The number of hydrogen-bond acceptors (Lipinski definition) is 5. The van der Waals surface area contributed by atoms with Gasteiger partial charge < -0.3 is 15.8 Å². The Morgan fingerprint density at radius 3 is 2.89 bits per heavy atom. The maximum absolute atomic E-state index is 11.8. The molecule has 0 fully saturated rings. The predicted octanol–water partition coefficient (Wildman–Crippen LogP) is 0.997. The summed E-state index contributed by atoms with van der Waals surface area (Å²) in [6, 6.07) is 6.78. The fourth-order valence-corrected chi connectivity index (χ4v) is 1.48. The SMILES string of the molecule is COc1cc(CNC(=O)c2ccc(N)cn2)ccn1. The second kappa shape index (κ2) is 5.81. The quantitative estimate of drug-likeness (QED) is 0.853. The van der Waals surface area contributed by atoms with Gasteiger partial charge in [0.1, 0.15) is 5.69 Å². The molecule has 0 bridgehead atoms. The molecule has 0 saturated heterocycles. The molecular weight excluding hydrogens is 244 g/mol. The highest BCUT2D eigenvalue weighted by Gasteiger charge is 2.06. The van der Waals surface area contributed by atoms with Gasteiger partial charge in [-0.3, -0.25) is 4.79 Å². The van der Waals surface area contributed by atoms with Crippen molar-refractivity contribution in [2.24, 2.45) is 0 Å². The third kappa shape index (κ3) is 3.41. The minimum atomic E-state index is -0.254. The van der Waals surface area contributed by atoms with Crippen LogP contribution in [0.5, 0.6) is 5.88 Å². The van der Waals surface area contributed by atoms with Crippen molar-refractivity contribution in [3.63, 3.8) is 0 Å². The predicted molar refractivity (Wildman–Crippen MR) is 70.6 cm³/mol. The number of nitrogens with zero attached hydrogens (tertiary/aromatic N) is 2. The van der Waals surface area contributed by atoms with Crippen LogP contribution < -0.4 is 15.8 Å². The summed E-state index contributed by atoms with van der Waals surface area (Å²) in [5.41, 5.74) is 7.26. The molecule has 0 saturated carbocycles. The average molecular weight is 258 g/mol. The molecule has 2 aromatic rings. The van der Waals surface area contributed by atoms with Crippen LogP contribution in [-0.4, -0.2) is 23.0 Å². The van der Waals surface area contributed by atoms with Gasteiger partial charge in [-0.2, -0.15) is 0 Å². The molecule has 0 aromatic carbocycles. The second-order valence-electron chi connectivity index (χ2n) is 3.87. The Kier molecular flexibility index (Phi) is 3.92. The molecule has 1 amide bonds. The first kappa shape index (κ1) is 12.8. The highest BCUT2D eigenvalue weighted by molar-refractivity contribution is 5.92. The summed E-state index contributed by atoms with van der Waals surface area (Å²) in [7, 11) is 1.54. The average Bonchev–Trinajstić information content (AvgIpc) is 2.46. The van der Waals surface area contributed by atoms with Crippen LogP contribution in [0, 0.1) is 0 Å². The maximum atomic E-state index is 11.8. The van der Waals surface area contributed by atoms with E-state index in [1.54, 1.807) is 37.6 Å². The van der Waals surface area contributed by atoms with Crippen molar-refractivity contribution in [1.82, 2.24) is 15.3 Å². The molecule has 3 N–H and O–H groups in total. The Morgan fingerprint density at radius 2 is 2.21 bits per heavy atom. The van der Waals surface area contributed by atoms with E-state index in [0.29, 0.717) is 23.8 Å². The van der Waals surface area contributed by atoms with Gasteiger partial charge in [-0.25, -0.2) is 9.97 Å². The third-order valence-corrected chi connectivity index (χ3v) is 2.48. The van der Waals surface area contributed by atoms with E-state index in [4.69, 9.17) is 10.5 Å². The molecule has 6 nitrogen and oxygen atoms in total. The molecule has 2 aromatic heterocycles. The van der Waals surface area contributed by atoms with Crippen molar-refractivity contribution >= 4 is 11.6 Å². The number of pyridine rings is 2. The first-order chi connectivity index (χ1) is 9.19. The Morgan fingerprint density at radius 1 is 1.37 bits per heavy atom. The zero-order valence-corrected chi connectivity index (χ0v) is 10.5. The van der Waals surface area contributed by atoms with Crippen LogP contribution in [0.4, 0.5) is 5.69 Å². The molecule has 6 heteroatoms. The van der Waals surface area contributed by atoms with E-state index >= 15 is 0 Å². The molecule has 0 aliphatic rings. The summed E-state index contributed by atoms with van der Waals surface area (Å²) in [6.07, 6.45) is 3.08. The molecular formula is C13H14N4O2. The van der Waals surface area contributed by atoms with Gasteiger partial charge in [-0.05, 0) is 23.8 Å². The molecule has 0 spiro atoms. The van der Waals surface area contributed by atoms with E-state index in [1.165, 1.54) is 6.20 Å². The lowest BCUT2D eigenvalue weighted by Gasteiger charge is -2.06. The molecule has 0 aliphatic carbocycles. The number of ether oxygens (including phenoxy) is 1. The molecule has 2 rings (SSSR count). The first-order valence-corrected chi connectivity index (χ1v) is 5.67. The summed E-state index contributed by atoms with van der Waals surface area (Å²) in [6.45, 7) is 0.379. The lowest BCUT2D eigenvalue weighted by molar-refractivity contribution is 0.0946. The number of nitrogens with one attached hydrogen (secondary N) is 1. The Balaban J connectivity index is 1.98. The topological polar surface area (TPSA) is 90.1 Å². The van der Waals surface area contributed by atoms with Gasteiger partial charge >= 0.3 is 0 Å². The van der Waals surface area contributed by atoms with Crippen molar-refractivity contribution < 1.29 is 9.53 Å². The Bertz CT molecular complexity index is 569. The number of hydrogen-bond donors (Lipinski definition) is 2. The van der Waals surface area contributed by atoms with Crippen LogP contribution in [0.15, 0.2) is 36.7 Å². The summed E-state index contributed by atoms with van der Waals surface area (Å²) in [5.74, 6) is 0.258. The van der Waals surface area contributed by atoms with E-state index in [1.807, 2.05) is 0 Å². The molecule has 0 unspecified atom stereocenters. The van der Waals surface area contributed by atoms with Crippen molar-refractivity contribution in [3.8, 4) is 5.88 Å². The summed E-state index contributed by atoms with van der Waals surface area (Å²) in [5, 5.41) is 2.76. The van der Waals surface area contributed by atoms with Gasteiger partial charge in [-0.1, -0.05) is 0 Å². The molecule has 0 aliphatic heterocycles. The summed E-state index contributed by atoms with van der Waals surface area (Å²) >= 11 is 0. The van der Waals surface area contributed by atoms with Gasteiger partial charge in [0, 0.05) is 18.8 Å². The molecule has 19 heavy (non-hydrogen) atoms. The second-order valence-corrected chi connectivity index (χ2v) is 3.87. The maximum Gasteiger partial charge on any atom is 0.270 e. The Labute approximate surface area is 110 Å². The van der Waals surface area contributed by atoms with Crippen molar-refractivity contribution in [3.05, 3.63) is 47.9 Å². The standard InChI is InChI=1S/C13H14N4O2/c1-19-12-6-9(4-5-15-12)7-17-13(18)11-3-2-10(14)8-16-11/h2-6,8H,7,14H2,1H3,(H,17,18). The van der Waals surface area contributed by atoms with Gasteiger partial charge in [-0.15, -0.1) is 0 Å². The number of aromatic nitrogens is 2. The minimum Gasteiger partial charge on any atom is -0.481 e. The number of methoxy groups -OCH3 is 1. The number of anilines is 1. The number of nitrogens with two attached hydrogens (primary N) is 1. The van der Waals surface area contributed by atoms with E-state index in [0.717, 1.165) is 5.56 Å². The van der Waals surface area contributed by atoms with E-state index in [9.17, 15) is 4.79 Å². The van der Waals surface area contributed by atoms with Gasteiger partial charge in [0.05, 0.1) is 19.0 Å². The van der Waals surface area contributed by atoms with E-state index in [-0.39, 0.29) is 5.91 Å². The highest BCUT2D eigenvalue weighted by atomic mass is 16.5. The van der Waals surface area contributed by atoms with Gasteiger partial charge in [0.15, 0.2) is 0 Å². The van der Waals surface area contributed by atoms with Crippen LogP contribution in [-0.2, 0) is 6.54 Å². The van der Waals surface area contributed by atoms with Crippen LogP contribution >= 0.6 is 0 Å².